The Morgan fingerprint density at radius 3 is 2.42 bits per heavy atom. The van der Waals surface area contributed by atoms with E-state index in [1.54, 1.807) is 24.3 Å². The van der Waals surface area contributed by atoms with Crippen molar-refractivity contribution in [2.75, 3.05) is 6.54 Å². The summed E-state index contributed by atoms with van der Waals surface area (Å²) in [5, 5.41) is 11.7. The summed E-state index contributed by atoms with van der Waals surface area (Å²) in [5.41, 5.74) is 1.15. The molecule has 1 aromatic carbocycles. The van der Waals surface area contributed by atoms with Crippen molar-refractivity contribution in [2.24, 2.45) is 5.41 Å². The van der Waals surface area contributed by atoms with Crippen LogP contribution in [0.25, 0.3) is 0 Å². The molecule has 4 heteroatoms. The second-order valence-corrected chi connectivity index (χ2v) is 5.79. The van der Waals surface area contributed by atoms with Crippen LogP contribution < -0.4 is 5.32 Å². The highest BCUT2D eigenvalue weighted by atomic mass is 16.4. The summed E-state index contributed by atoms with van der Waals surface area (Å²) in [6.45, 7) is 6.91. The molecule has 19 heavy (non-hydrogen) atoms. The van der Waals surface area contributed by atoms with Gasteiger partial charge in [-0.15, -0.1) is 0 Å². The Labute approximate surface area is 113 Å². The molecule has 104 valence electrons. The van der Waals surface area contributed by atoms with Crippen molar-refractivity contribution < 1.29 is 14.7 Å². The maximum atomic E-state index is 12.0. The van der Waals surface area contributed by atoms with Crippen LogP contribution in [0.1, 0.15) is 43.1 Å². The molecule has 0 atom stereocenters. The van der Waals surface area contributed by atoms with Crippen molar-refractivity contribution in [3.05, 3.63) is 35.4 Å². The van der Waals surface area contributed by atoms with Gasteiger partial charge < -0.3 is 10.4 Å². The molecule has 0 fully saturated rings. The van der Waals surface area contributed by atoms with Crippen LogP contribution >= 0.6 is 0 Å². The van der Waals surface area contributed by atoms with Gasteiger partial charge >= 0.3 is 5.97 Å². The van der Waals surface area contributed by atoms with Crippen molar-refractivity contribution in [3.8, 4) is 0 Å². The fourth-order valence-corrected chi connectivity index (χ4v) is 1.71. The highest BCUT2D eigenvalue weighted by Crippen LogP contribution is 2.17. The largest absolute Gasteiger partial charge is 0.481 e. The van der Waals surface area contributed by atoms with E-state index in [-0.39, 0.29) is 17.7 Å². The van der Waals surface area contributed by atoms with Crippen molar-refractivity contribution in [2.45, 2.75) is 33.6 Å². The van der Waals surface area contributed by atoms with Gasteiger partial charge in [-0.1, -0.05) is 39.0 Å². The smallest absolute Gasteiger partial charge is 0.307 e. The quantitative estimate of drug-likeness (QED) is 0.857. The minimum atomic E-state index is -0.935. The van der Waals surface area contributed by atoms with E-state index in [0.717, 1.165) is 6.42 Å². The third-order valence-electron chi connectivity index (χ3n) is 2.76. The van der Waals surface area contributed by atoms with E-state index in [0.29, 0.717) is 17.7 Å². The SMILES string of the molecule is CC(C)(C)CCNC(=O)c1ccccc1CC(=O)O. The Balaban J connectivity index is 2.69. The topological polar surface area (TPSA) is 66.4 Å². The molecule has 0 saturated carbocycles. The lowest BCUT2D eigenvalue weighted by molar-refractivity contribution is -0.136. The first-order chi connectivity index (χ1) is 8.79. The van der Waals surface area contributed by atoms with Gasteiger partial charge in [0.1, 0.15) is 0 Å². The minimum absolute atomic E-state index is 0.136. The van der Waals surface area contributed by atoms with Crippen LogP contribution in [-0.2, 0) is 11.2 Å². The molecule has 0 bridgehead atoms. The first-order valence-electron chi connectivity index (χ1n) is 6.37. The monoisotopic (exact) mass is 263 g/mol. The molecule has 0 saturated heterocycles. The number of carbonyl (C=O) groups excluding carboxylic acids is 1. The highest BCUT2D eigenvalue weighted by Gasteiger charge is 2.14. The summed E-state index contributed by atoms with van der Waals surface area (Å²) in [7, 11) is 0. The molecule has 0 radical (unpaired) electrons. The van der Waals surface area contributed by atoms with Crippen LogP contribution in [0.15, 0.2) is 24.3 Å². The first kappa shape index (κ1) is 15.2. The van der Waals surface area contributed by atoms with Crippen LogP contribution in [0, 0.1) is 5.41 Å². The molecule has 1 amide bonds. The summed E-state index contributed by atoms with van der Waals surface area (Å²) in [4.78, 5) is 22.8. The third-order valence-corrected chi connectivity index (χ3v) is 2.76. The first-order valence-corrected chi connectivity index (χ1v) is 6.37. The van der Waals surface area contributed by atoms with E-state index in [2.05, 4.69) is 26.1 Å². The van der Waals surface area contributed by atoms with Crippen LogP contribution in [0.3, 0.4) is 0 Å². The van der Waals surface area contributed by atoms with Crippen LogP contribution in [-0.4, -0.2) is 23.5 Å². The standard InChI is InChI=1S/C15H21NO3/c1-15(2,3)8-9-16-14(19)12-7-5-4-6-11(12)10-13(17)18/h4-7H,8-10H2,1-3H3,(H,16,19)(H,17,18). The lowest BCUT2D eigenvalue weighted by atomic mass is 9.92. The number of nitrogens with one attached hydrogen (secondary N) is 1. The van der Waals surface area contributed by atoms with E-state index in [1.165, 1.54) is 0 Å². The zero-order valence-corrected chi connectivity index (χ0v) is 11.7. The lowest BCUT2D eigenvalue weighted by Crippen LogP contribution is -2.28. The maximum Gasteiger partial charge on any atom is 0.307 e. The minimum Gasteiger partial charge on any atom is -0.481 e. The molecule has 0 aliphatic carbocycles. The average Bonchev–Trinajstić information content (AvgIpc) is 2.27. The molecule has 0 heterocycles. The molecular weight excluding hydrogens is 242 g/mol. The van der Waals surface area contributed by atoms with Crippen molar-refractivity contribution in [1.29, 1.82) is 0 Å². The Morgan fingerprint density at radius 2 is 1.84 bits per heavy atom. The van der Waals surface area contributed by atoms with E-state index in [9.17, 15) is 9.59 Å². The number of amides is 1. The summed E-state index contributed by atoms with van der Waals surface area (Å²) in [6, 6.07) is 6.81. The number of hydrogen-bond donors (Lipinski definition) is 2. The molecule has 0 aromatic heterocycles. The third kappa shape index (κ3) is 5.55. The maximum absolute atomic E-state index is 12.0. The molecule has 1 rings (SSSR count). The fraction of sp³-hybridized carbons (Fsp3) is 0.467. The summed E-state index contributed by atoms with van der Waals surface area (Å²) in [6.07, 6.45) is 0.739. The van der Waals surface area contributed by atoms with Gasteiger partial charge in [0.05, 0.1) is 6.42 Å². The Morgan fingerprint density at radius 1 is 1.21 bits per heavy atom. The summed E-state index contributed by atoms with van der Waals surface area (Å²) in [5.74, 6) is -1.14. The molecule has 0 aliphatic heterocycles. The zero-order valence-electron chi connectivity index (χ0n) is 11.7. The van der Waals surface area contributed by atoms with Crippen LogP contribution in [0.4, 0.5) is 0 Å². The number of carboxylic acids is 1. The predicted molar refractivity (Wildman–Crippen MR) is 74.2 cm³/mol. The average molecular weight is 263 g/mol. The lowest BCUT2D eigenvalue weighted by Gasteiger charge is -2.18. The van der Waals surface area contributed by atoms with Gasteiger partial charge in [0.2, 0.25) is 0 Å². The predicted octanol–water partition coefficient (Wildman–Crippen LogP) is 2.48. The van der Waals surface area contributed by atoms with Gasteiger partial charge in [0, 0.05) is 12.1 Å². The molecule has 0 unspecified atom stereocenters. The van der Waals surface area contributed by atoms with E-state index in [1.807, 2.05) is 0 Å². The Kier molecular flexibility index (Phi) is 5.10. The normalized spacial score (nSPS) is 11.1. The molecule has 2 N–H and O–H groups in total. The summed E-state index contributed by atoms with van der Waals surface area (Å²) >= 11 is 0. The summed E-state index contributed by atoms with van der Waals surface area (Å²) < 4.78 is 0. The van der Waals surface area contributed by atoms with Gasteiger partial charge in [0.15, 0.2) is 0 Å². The molecule has 4 nitrogen and oxygen atoms in total. The highest BCUT2D eigenvalue weighted by molar-refractivity contribution is 5.96. The molecule has 0 aliphatic rings. The van der Waals surface area contributed by atoms with Gasteiger partial charge in [-0.3, -0.25) is 9.59 Å². The van der Waals surface area contributed by atoms with Crippen LogP contribution in [0.2, 0.25) is 0 Å². The van der Waals surface area contributed by atoms with Crippen molar-refractivity contribution >= 4 is 11.9 Å². The Bertz CT molecular complexity index is 461. The van der Waals surface area contributed by atoms with Gasteiger partial charge in [-0.05, 0) is 23.5 Å². The number of carboxylic acid groups (broad SMARTS) is 1. The van der Waals surface area contributed by atoms with Crippen LogP contribution in [0.5, 0.6) is 0 Å². The number of hydrogen-bond acceptors (Lipinski definition) is 2. The van der Waals surface area contributed by atoms with E-state index >= 15 is 0 Å². The van der Waals surface area contributed by atoms with E-state index in [4.69, 9.17) is 5.11 Å². The molecular formula is C15H21NO3. The number of rotatable bonds is 5. The number of carbonyl (C=O) groups is 2. The van der Waals surface area contributed by atoms with Crippen molar-refractivity contribution in [1.82, 2.24) is 5.32 Å². The molecule has 0 spiro atoms. The van der Waals surface area contributed by atoms with E-state index < -0.39 is 5.97 Å². The van der Waals surface area contributed by atoms with Gasteiger partial charge in [-0.25, -0.2) is 0 Å². The van der Waals surface area contributed by atoms with Gasteiger partial charge in [0.25, 0.3) is 5.91 Å². The Hall–Kier alpha value is -1.84. The fourth-order valence-electron chi connectivity index (χ4n) is 1.71. The second kappa shape index (κ2) is 6.36. The van der Waals surface area contributed by atoms with Crippen molar-refractivity contribution in [3.63, 3.8) is 0 Å². The number of benzene rings is 1. The zero-order chi connectivity index (χ0) is 14.5. The van der Waals surface area contributed by atoms with Gasteiger partial charge in [-0.2, -0.15) is 0 Å². The second-order valence-electron chi connectivity index (χ2n) is 5.79. The number of aliphatic carboxylic acids is 1. The molecule has 1 aromatic rings.